The van der Waals surface area contributed by atoms with Gasteiger partial charge < -0.3 is 9.67 Å². The number of aromatic nitrogens is 4. The summed E-state index contributed by atoms with van der Waals surface area (Å²) in [4.78, 5) is 32.8. The number of H-pyrrole nitrogens is 1. The van der Waals surface area contributed by atoms with E-state index in [-0.39, 0.29) is 11.2 Å². The van der Waals surface area contributed by atoms with Crippen LogP contribution in [-0.4, -0.2) is 30.6 Å². The lowest BCUT2D eigenvalue weighted by atomic mass is 10.2. The first kappa shape index (κ1) is 12.1. The first-order valence-electron chi connectivity index (χ1n) is 5.87. The molecule has 2 heterocycles. The summed E-state index contributed by atoms with van der Waals surface area (Å²) in [5.74, 6) is -1.67. The fourth-order valence-electron chi connectivity index (χ4n) is 1.95. The van der Waals surface area contributed by atoms with Crippen LogP contribution in [0.1, 0.15) is 16.2 Å². The Morgan fingerprint density at radius 2 is 2.05 bits per heavy atom. The first-order valence-corrected chi connectivity index (χ1v) is 5.87. The minimum atomic E-state index is -1.28. The number of carboxylic acids is 1. The van der Waals surface area contributed by atoms with Gasteiger partial charge >= 0.3 is 5.97 Å². The van der Waals surface area contributed by atoms with Gasteiger partial charge in [0.05, 0.1) is 12.9 Å². The number of imidazole rings is 1. The minimum absolute atomic E-state index is 0.130. The lowest BCUT2D eigenvalue weighted by Crippen LogP contribution is -2.16. The molecule has 0 saturated heterocycles. The molecule has 2 N–H and O–H groups in total. The van der Waals surface area contributed by atoms with Crippen LogP contribution in [0.3, 0.4) is 0 Å². The topological polar surface area (TPSA) is 101 Å². The molecule has 0 atom stereocenters. The number of hydrogen-bond donors (Lipinski definition) is 2. The molecule has 7 heteroatoms. The van der Waals surface area contributed by atoms with E-state index in [1.807, 2.05) is 30.3 Å². The SMILES string of the molecule is O=C(O)c1nc2c(ncn2Cc2ccccc2)c(=O)[nH]1. The van der Waals surface area contributed by atoms with Crippen LogP contribution in [0.4, 0.5) is 0 Å². The van der Waals surface area contributed by atoms with E-state index in [2.05, 4.69) is 15.0 Å². The zero-order chi connectivity index (χ0) is 14.1. The van der Waals surface area contributed by atoms with Crippen molar-refractivity contribution in [3.8, 4) is 0 Å². The second kappa shape index (κ2) is 4.61. The van der Waals surface area contributed by atoms with Crippen molar-refractivity contribution in [3.05, 3.63) is 58.4 Å². The van der Waals surface area contributed by atoms with Gasteiger partial charge in [-0.2, -0.15) is 0 Å². The van der Waals surface area contributed by atoms with E-state index in [1.54, 1.807) is 4.57 Å². The quantitative estimate of drug-likeness (QED) is 0.735. The lowest BCUT2D eigenvalue weighted by Gasteiger charge is -2.03. The Bertz CT molecular complexity index is 836. The fourth-order valence-corrected chi connectivity index (χ4v) is 1.95. The number of nitrogens with one attached hydrogen (secondary N) is 1. The summed E-state index contributed by atoms with van der Waals surface area (Å²) in [5, 5.41) is 8.92. The molecule has 7 nitrogen and oxygen atoms in total. The van der Waals surface area contributed by atoms with Crippen molar-refractivity contribution in [2.75, 3.05) is 0 Å². The number of aromatic carboxylic acids is 1. The molecule has 0 radical (unpaired) electrons. The number of aromatic amines is 1. The minimum Gasteiger partial charge on any atom is -0.475 e. The third-order valence-electron chi connectivity index (χ3n) is 2.87. The van der Waals surface area contributed by atoms with Gasteiger partial charge in [0.15, 0.2) is 11.2 Å². The van der Waals surface area contributed by atoms with Gasteiger partial charge in [0, 0.05) is 0 Å². The molecule has 1 aromatic carbocycles. The van der Waals surface area contributed by atoms with E-state index in [4.69, 9.17) is 5.11 Å². The molecule has 0 unspecified atom stereocenters. The van der Waals surface area contributed by atoms with Crippen molar-refractivity contribution in [1.82, 2.24) is 19.5 Å². The Labute approximate surface area is 112 Å². The van der Waals surface area contributed by atoms with Crippen molar-refractivity contribution < 1.29 is 9.90 Å². The number of rotatable bonds is 3. The number of carboxylic acid groups (broad SMARTS) is 1. The molecule has 0 saturated carbocycles. The predicted molar refractivity (Wildman–Crippen MR) is 70.7 cm³/mol. The maximum Gasteiger partial charge on any atom is 0.372 e. The smallest absolute Gasteiger partial charge is 0.372 e. The Morgan fingerprint density at radius 1 is 1.30 bits per heavy atom. The summed E-state index contributed by atoms with van der Waals surface area (Å²) in [6.07, 6.45) is 1.48. The van der Waals surface area contributed by atoms with Crippen molar-refractivity contribution in [3.63, 3.8) is 0 Å². The number of benzene rings is 1. The number of carbonyl (C=O) groups is 1. The van der Waals surface area contributed by atoms with Crippen LogP contribution in [0.2, 0.25) is 0 Å². The van der Waals surface area contributed by atoms with Crippen LogP contribution in [0.25, 0.3) is 11.2 Å². The van der Waals surface area contributed by atoms with Gasteiger partial charge in [-0.15, -0.1) is 0 Å². The summed E-state index contributed by atoms with van der Waals surface area (Å²) in [7, 11) is 0. The normalized spacial score (nSPS) is 10.8. The number of hydrogen-bond acceptors (Lipinski definition) is 4. The van der Waals surface area contributed by atoms with E-state index in [0.717, 1.165) is 5.56 Å². The molecular weight excluding hydrogens is 260 g/mol. The maximum atomic E-state index is 11.7. The van der Waals surface area contributed by atoms with Crippen molar-refractivity contribution in [2.24, 2.45) is 0 Å². The molecule has 2 aromatic heterocycles. The molecule has 0 aliphatic rings. The van der Waals surface area contributed by atoms with Gasteiger partial charge in [0.1, 0.15) is 0 Å². The third kappa shape index (κ3) is 2.05. The van der Waals surface area contributed by atoms with Crippen LogP contribution in [0.5, 0.6) is 0 Å². The van der Waals surface area contributed by atoms with Gasteiger partial charge in [-0.3, -0.25) is 9.78 Å². The predicted octanol–water partition coefficient (Wildman–Crippen LogP) is 0.866. The van der Waals surface area contributed by atoms with E-state index in [0.29, 0.717) is 6.54 Å². The lowest BCUT2D eigenvalue weighted by molar-refractivity contribution is 0.0683. The largest absolute Gasteiger partial charge is 0.475 e. The summed E-state index contributed by atoms with van der Waals surface area (Å²) in [5.41, 5.74) is 0.839. The average Bonchev–Trinajstić information content (AvgIpc) is 2.84. The molecular formula is C13H10N4O3. The second-order valence-corrected chi connectivity index (χ2v) is 4.25. The third-order valence-corrected chi connectivity index (χ3v) is 2.87. The van der Waals surface area contributed by atoms with Crippen LogP contribution in [0, 0.1) is 0 Å². The van der Waals surface area contributed by atoms with Crippen LogP contribution in [-0.2, 0) is 6.54 Å². The van der Waals surface area contributed by atoms with E-state index >= 15 is 0 Å². The highest BCUT2D eigenvalue weighted by Crippen LogP contribution is 2.09. The van der Waals surface area contributed by atoms with Gasteiger partial charge in [-0.25, -0.2) is 14.8 Å². The summed E-state index contributed by atoms with van der Waals surface area (Å²) in [6.45, 7) is 0.465. The second-order valence-electron chi connectivity index (χ2n) is 4.25. The first-order chi connectivity index (χ1) is 9.65. The zero-order valence-corrected chi connectivity index (χ0v) is 10.3. The van der Waals surface area contributed by atoms with Gasteiger partial charge in [0.2, 0.25) is 5.82 Å². The van der Waals surface area contributed by atoms with E-state index in [9.17, 15) is 9.59 Å². The molecule has 0 aliphatic heterocycles. The van der Waals surface area contributed by atoms with Crippen LogP contribution < -0.4 is 5.56 Å². The molecule has 3 aromatic rings. The highest BCUT2D eigenvalue weighted by Gasteiger charge is 2.14. The molecule has 0 fully saturated rings. The monoisotopic (exact) mass is 270 g/mol. The van der Waals surface area contributed by atoms with Gasteiger partial charge in [0.25, 0.3) is 5.56 Å². The Kier molecular flexibility index (Phi) is 2.79. The van der Waals surface area contributed by atoms with E-state index < -0.39 is 17.4 Å². The average molecular weight is 270 g/mol. The van der Waals surface area contributed by atoms with E-state index in [1.165, 1.54) is 6.33 Å². The molecule has 20 heavy (non-hydrogen) atoms. The summed E-state index contributed by atoms with van der Waals surface area (Å²) < 4.78 is 1.65. The zero-order valence-electron chi connectivity index (χ0n) is 10.3. The number of nitrogens with zero attached hydrogens (tertiary/aromatic N) is 3. The highest BCUT2D eigenvalue weighted by molar-refractivity contribution is 5.85. The van der Waals surface area contributed by atoms with Crippen molar-refractivity contribution in [2.45, 2.75) is 6.54 Å². The molecule has 0 spiro atoms. The Morgan fingerprint density at radius 3 is 2.75 bits per heavy atom. The Hall–Kier alpha value is -2.96. The highest BCUT2D eigenvalue weighted by atomic mass is 16.4. The molecule has 0 bridgehead atoms. The van der Waals surface area contributed by atoms with Crippen molar-refractivity contribution in [1.29, 1.82) is 0 Å². The summed E-state index contributed by atoms with van der Waals surface area (Å²) >= 11 is 0. The summed E-state index contributed by atoms with van der Waals surface area (Å²) in [6, 6.07) is 9.56. The fraction of sp³-hybridized carbons (Fsp3) is 0.0769. The van der Waals surface area contributed by atoms with Crippen LogP contribution in [0.15, 0.2) is 41.5 Å². The molecule has 100 valence electrons. The van der Waals surface area contributed by atoms with Crippen molar-refractivity contribution >= 4 is 17.1 Å². The molecule has 0 amide bonds. The van der Waals surface area contributed by atoms with Gasteiger partial charge in [-0.05, 0) is 5.56 Å². The van der Waals surface area contributed by atoms with Gasteiger partial charge in [-0.1, -0.05) is 30.3 Å². The molecule has 0 aliphatic carbocycles. The molecule has 3 rings (SSSR count). The van der Waals surface area contributed by atoms with Crippen LogP contribution >= 0.6 is 0 Å². The maximum absolute atomic E-state index is 11.7. The Balaban J connectivity index is 2.12. The standard InChI is InChI=1S/C13H10N4O3/c18-12-9-11(15-10(16-12)13(19)20)17(7-14-9)6-8-4-2-1-3-5-8/h1-5,7H,6H2,(H,19,20)(H,15,16,18). The number of fused-ring (bicyclic) bond motifs is 1.